The van der Waals surface area contributed by atoms with Crippen molar-refractivity contribution in [2.75, 3.05) is 19.6 Å². The molecule has 22 nitrogen and oxygen atoms in total. The minimum Gasteiger partial charge on any atom is -0.707 e. The molecule has 8 unspecified atom stereocenters. The predicted molar refractivity (Wildman–Crippen MR) is 321 cm³/mol. The van der Waals surface area contributed by atoms with Gasteiger partial charge in [0, 0.05) is 64.9 Å². The van der Waals surface area contributed by atoms with Crippen LogP contribution < -0.4 is 24.4 Å². The van der Waals surface area contributed by atoms with Gasteiger partial charge in [-0.15, -0.1) is 0 Å². The van der Waals surface area contributed by atoms with E-state index in [1.807, 2.05) is 97.4 Å². The number of phenolic OH excluding ortho intramolecular Hbond substituents is 1. The van der Waals surface area contributed by atoms with Gasteiger partial charge in [0.15, 0.2) is 48.9 Å². The SMILES string of the molecule is CCC(C)O.CCC1CC(C2CC(CC(C)O)OC(c3ccc(O)c(CO)c3)O2)OC(c2ccc(/C=C/c3cc[n+](C)cc3)cc2)O1.COc1cc(C=O)ccc1O.CS(=O)(=O)O[O-].CS(=O)(=O)O[O-].C[n+]1ccc(/C=C/c2ccc(C=O)cc2)cc1.[H+]. The van der Waals surface area contributed by atoms with Gasteiger partial charge in [-0.3, -0.25) is 9.59 Å². The maximum Gasteiger partial charge on any atom is 1.00 e. The molecule has 2 aromatic heterocycles. The number of aliphatic hydroxyl groups is 3. The monoisotopic (exact) mass is 1250 g/mol. The number of nitrogens with zero attached hydrogens (tertiary/aromatic N) is 2. The highest BCUT2D eigenvalue weighted by Gasteiger charge is 2.41. The van der Waals surface area contributed by atoms with Crippen LogP contribution in [-0.4, -0.2) is 111 Å². The van der Waals surface area contributed by atoms with Crippen molar-refractivity contribution >= 4 is 57.1 Å². The molecule has 2 aliphatic heterocycles. The maximum absolute atomic E-state index is 10.5. The van der Waals surface area contributed by atoms with Crippen LogP contribution in [0.5, 0.6) is 17.2 Å². The van der Waals surface area contributed by atoms with Crippen molar-refractivity contribution in [3.8, 4) is 17.2 Å². The number of aromatic nitrogens is 2. The van der Waals surface area contributed by atoms with E-state index in [2.05, 4.69) is 70.2 Å². The van der Waals surface area contributed by atoms with Crippen LogP contribution >= 0.6 is 0 Å². The summed E-state index contributed by atoms with van der Waals surface area (Å²) in [6.45, 7) is 7.29. The molecule has 24 heteroatoms. The van der Waals surface area contributed by atoms with Gasteiger partial charge in [0.2, 0.25) is 0 Å². The molecule has 8 atom stereocenters. The van der Waals surface area contributed by atoms with E-state index in [0.717, 1.165) is 46.9 Å². The average Bonchev–Trinajstić information content (AvgIpc) is 2.69. The molecule has 0 aliphatic carbocycles. The van der Waals surface area contributed by atoms with Crippen LogP contribution in [0.2, 0.25) is 0 Å². The zero-order chi connectivity index (χ0) is 64.7. The Balaban J connectivity index is 0.000000465. The summed E-state index contributed by atoms with van der Waals surface area (Å²) < 4.78 is 77.6. The van der Waals surface area contributed by atoms with E-state index in [4.69, 9.17) is 44.4 Å². The first-order valence-corrected chi connectivity index (χ1v) is 31.1. The molecule has 474 valence electrons. The number of hydrogen-bond acceptors (Lipinski definition) is 20. The molecule has 2 aliphatic rings. The smallest absolute Gasteiger partial charge is 0.707 e. The van der Waals surface area contributed by atoms with Gasteiger partial charge in [0.1, 0.15) is 32.4 Å². The van der Waals surface area contributed by atoms with Crippen LogP contribution in [0.1, 0.15) is 133 Å². The van der Waals surface area contributed by atoms with Crippen molar-refractivity contribution in [1.29, 1.82) is 0 Å². The van der Waals surface area contributed by atoms with Crippen molar-refractivity contribution in [1.82, 2.24) is 0 Å². The topological polar surface area (TPSA) is 322 Å². The minimum absolute atomic E-state index is 0. The largest absolute Gasteiger partial charge is 1.00 e. The van der Waals surface area contributed by atoms with E-state index < -0.39 is 38.9 Å². The Morgan fingerprint density at radius 1 is 0.586 bits per heavy atom. The van der Waals surface area contributed by atoms with Gasteiger partial charge in [-0.05, 0) is 85.7 Å². The first-order valence-electron chi connectivity index (χ1n) is 27.4. The van der Waals surface area contributed by atoms with Gasteiger partial charge in [-0.1, -0.05) is 92.7 Å². The Labute approximate surface area is 510 Å². The summed E-state index contributed by atoms with van der Waals surface area (Å²) in [6, 6.07) is 33.3. The number of aldehydes is 2. The lowest BCUT2D eigenvalue weighted by Gasteiger charge is -2.44. The molecule has 2 fully saturated rings. The molecule has 0 amide bonds. The van der Waals surface area contributed by atoms with E-state index in [-0.39, 0.29) is 50.1 Å². The van der Waals surface area contributed by atoms with E-state index in [1.165, 1.54) is 31.4 Å². The standard InChI is InChI=1S/C34H41NO7.C15H14NO.C8H8O3.C4H10O.2CH4O4S/c1-4-28-19-31(32-20-29(17-22(2)37)40-34(42-32)26-11-12-30(38)27(18-26)21-36)41-33(39-28)25-9-7-23(8-10-25)5-6-24-13-15-35(3)16-14-24;1-16-10-8-14(9-11-16)3-2-13-4-6-15(12-17)7-5-13;1-11-8-4-6(5-9)2-3-7(8)10;1-3-4(2)5;2*1-6(3,4)5-2/h5-16,18,22,28-29,31-34,36-37H,4,17,19-21H2,1-3H3;2-12H,1H3;2-5,10H,1H3;4-5H,3H2,1-2H3;2*2H,1H3/q;+1;;;;/b6-5+;3-2+;;;;. The molecule has 0 spiro atoms. The molecule has 0 bridgehead atoms. The average molecular weight is 1250 g/mol. The number of carbonyl (C=O) groups is 2. The number of ether oxygens (including phenoxy) is 5. The molecule has 5 N–H and O–H groups in total. The molecule has 0 saturated carbocycles. The molecule has 0 radical (unpaired) electrons. The second-order valence-corrected chi connectivity index (χ2v) is 23.2. The number of aryl methyl sites for hydroxylation is 2. The number of carbonyl (C=O) groups excluding carboxylic acids is 2. The van der Waals surface area contributed by atoms with Crippen LogP contribution in [0.15, 0.2) is 134 Å². The second-order valence-electron chi connectivity index (χ2n) is 20.1. The molecular weight excluding hydrogens is 1170 g/mol. The van der Waals surface area contributed by atoms with Crippen molar-refractivity contribution in [3.63, 3.8) is 0 Å². The zero-order valence-electron chi connectivity index (χ0n) is 51.1. The van der Waals surface area contributed by atoms with Crippen LogP contribution in [0.3, 0.4) is 0 Å². The number of benzene rings is 4. The van der Waals surface area contributed by atoms with Crippen LogP contribution in [-0.2, 0) is 68.6 Å². The second kappa shape index (κ2) is 38.2. The summed E-state index contributed by atoms with van der Waals surface area (Å²) in [6.07, 6.45) is 20.0. The summed E-state index contributed by atoms with van der Waals surface area (Å²) in [5, 5.41) is 65.0. The number of aromatic hydroxyl groups is 2. The summed E-state index contributed by atoms with van der Waals surface area (Å²) in [5.74, 6) is 0.374. The zero-order valence-corrected chi connectivity index (χ0v) is 51.7. The summed E-state index contributed by atoms with van der Waals surface area (Å²) in [5.41, 5.74) is 7.68. The third-order valence-electron chi connectivity index (χ3n) is 12.6. The number of aliphatic hydroxyl groups excluding tert-OH is 3. The van der Waals surface area contributed by atoms with Gasteiger partial charge in [0.05, 0.1) is 62.9 Å². The third kappa shape index (κ3) is 28.9. The summed E-state index contributed by atoms with van der Waals surface area (Å²) in [7, 11) is -2.01. The van der Waals surface area contributed by atoms with Gasteiger partial charge < -0.3 is 68.4 Å². The number of phenols is 2. The first kappa shape index (κ1) is 74.1. The first-order chi connectivity index (χ1) is 41.2. The number of rotatable bonds is 17. The number of pyridine rings is 2. The lowest BCUT2D eigenvalue weighted by molar-refractivity contribution is -0.671. The molecule has 87 heavy (non-hydrogen) atoms. The molecule has 6 aromatic rings. The van der Waals surface area contributed by atoms with Crippen molar-refractivity contribution < 1.29 is 105 Å². The quantitative estimate of drug-likeness (QED) is 0.0295. The lowest BCUT2D eigenvalue weighted by Crippen LogP contribution is -2.47. The van der Waals surface area contributed by atoms with Gasteiger partial charge in [-0.25, -0.2) is 26.0 Å². The highest BCUT2D eigenvalue weighted by Crippen LogP contribution is 2.40. The molecular formula is C63H81N2O20S2+. The normalized spacial score (nSPS) is 18.9. The van der Waals surface area contributed by atoms with Crippen molar-refractivity contribution in [3.05, 3.63) is 184 Å². The lowest BCUT2D eigenvalue weighted by atomic mass is 9.95. The van der Waals surface area contributed by atoms with E-state index in [1.54, 1.807) is 26.0 Å². The van der Waals surface area contributed by atoms with E-state index in [9.17, 15) is 41.7 Å². The fraction of sp³-hybridized carbons (Fsp3) is 0.365. The molecule has 8 rings (SSSR count). The highest BCUT2D eigenvalue weighted by molar-refractivity contribution is 7.86. The minimum atomic E-state index is -3.72. The van der Waals surface area contributed by atoms with Gasteiger partial charge >= 0.3 is 1.43 Å². The Bertz CT molecular complexity index is 3250. The van der Waals surface area contributed by atoms with Crippen molar-refractivity contribution in [2.24, 2.45) is 14.1 Å². The van der Waals surface area contributed by atoms with E-state index >= 15 is 0 Å². The fourth-order valence-electron chi connectivity index (χ4n) is 7.79. The molecule has 4 aromatic carbocycles. The Morgan fingerprint density at radius 2 is 0.966 bits per heavy atom. The Hall–Kier alpha value is -7.14. The van der Waals surface area contributed by atoms with Gasteiger partial charge in [0.25, 0.3) is 20.2 Å². The summed E-state index contributed by atoms with van der Waals surface area (Å²) in [4.78, 5) is 20.8. The maximum atomic E-state index is 10.5. The number of methoxy groups -OCH3 is 1. The molecule has 2 saturated heterocycles. The van der Waals surface area contributed by atoms with Crippen molar-refractivity contribution in [2.45, 2.75) is 116 Å². The highest BCUT2D eigenvalue weighted by atomic mass is 32.2. The Kier molecular flexibility index (Phi) is 32.5. The predicted octanol–water partition coefficient (Wildman–Crippen LogP) is 6.18. The van der Waals surface area contributed by atoms with E-state index in [0.29, 0.717) is 66.1 Å². The fourth-order valence-corrected chi connectivity index (χ4v) is 7.79. The van der Waals surface area contributed by atoms with Crippen LogP contribution in [0.25, 0.3) is 24.3 Å². The number of hydrogen-bond donors (Lipinski definition) is 5. The third-order valence-corrected chi connectivity index (χ3v) is 13.1. The van der Waals surface area contributed by atoms with Crippen LogP contribution in [0.4, 0.5) is 0 Å². The summed E-state index contributed by atoms with van der Waals surface area (Å²) >= 11 is 0. The van der Waals surface area contributed by atoms with Gasteiger partial charge in [-0.2, -0.15) is 0 Å². The van der Waals surface area contributed by atoms with Crippen LogP contribution in [0, 0.1) is 0 Å². The Morgan fingerprint density at radius 3 is 1.37 bits per heavy atom. The molecule has 4 heterocycles.